The molecule has 2 aromatic rings. The molecule has 1 aliphatic heterocycles. The van der Waals surface area contributed by atoms with Crippen LogP contribution >= 0.6 is 0 Å². The molecule has 1 heterocycles. The number of esters is 1. The van der Waals surface area contributed by atoms with Gasteiger partial charge in [0, 0.05) is 25.7 Å². The van der Waals surface area contributed by atoms with E-state index in [4.69, 9.17) is 9.47 Å². The van der Waals surface area contributed by atoms with Crippen LogP contribution in [0.3, 0.4) is 0 Å². The topological polar surface area (TPSA) is 93.2 Å². The van der Waals surface area contributed by atoms with Crippen LogP contribution in [0, 0.1) is 0 Å². The monoisotopic (exact) mass is 418 g/mol. The van der Waals surface area contributed by atoms with E-state index in [0.717, 1.165) is 0 Å². The molecule has 0 aliphatic carbocycles. The maximum absolute atomic E-state index is 12.9. The van der Waals surface area contributed by atoms with Gasteiger partial charge < -0.3 is 14.4 Å². The summed E-state index contributed by atoms with van der Waals surface area (Å²) >= 11 is 0. The highest BCUT2D eigenvalue weighted by Crippen LogP contribution is 2.23. The van der Waals surface area contributed by atoms with Crippen LogP contribution in [0.5, 0.6) is 0 Å². The smallest absolute Gasteiger partial charge is 0.339 e. The zero-order chi connectivity index (χ0) is 21.0. The Morgan fingerprint density at radius 3 is 2.28 bits per heavy atom. The van der Waals surface area contributed by atoms with Crippen LogP contribution in [0.4, 0.5) is 5.69 Å². The van der Waals surface area contributed by atoms with Crippen LogP contribution in [-0.2, 0) is 19.5 Å². The molecule has 0 spiro atoms. The molecule has 0 N–H and O–H groups in total. The fraction of sp³-hybridized carbons (Fsp3) is 0.300. The molecule has 1 amide bonds. The maximum atomic E-state index is 12.9. The van der Waals surface area contributed by atoms with Gasteiger partial charge in [0.2, 0.25) is 10.0 Å². The zero-order valence-corrected chi connectivity index (χ0v) is 17.0. The number of para-hydroxylation sites is 1. The van der Waals surface area contributed by atoms with Crippen molar-refractivity contribution in [3.63, 3.8) is 0 Å². The number of nitrogens with zero attached hydrogens (tertiary/aromatic N) is 2. The van der Waals surface area contributed by atoms with Gasteiger partial charge in [0.15, 0.2) is 0 Å². The molecule has 0 unspecified atom stereocenters. The molecule has 3 rings (SSSR count). The van der Waals surface area contributed by atoms with Crippen molar-refractivity contribution in [3.8, 4) is 0 Å². The highest BCUT2D eigenvalue weighted by Gasteiger charge is 2.27. The number of hydrogen-bond acceptors (Lipinski definition) is 6. The summed E-state index contributed by atoms with van der Waals surface area (Å²) < 4.78 is 36.7. The largest absolute Gasteiger partial charge is 0.465 e. The van der Waals surface area contributed by atoms with Gasteiger partial charge in [0.05, 0.1) is 36.5 Å². The Balaban J connectivity index is 1.83. The Hall–Kier alpha value is -2.75. The van der Waals surface area contributed by atoms with E-state index in [1.54, 1.807) is 31.3 Å². The molecule has 9 heteroatoms. The lowest BCUT2D eigenvalue weighted by Gasteiger charge is -2.26. The number of amides is 1. The molecular formula is C20H22N2O6S. The maximum Gasteiger partial charge on any atom is 0.339 e. The summed E-state index contributed by atoms with van der Waals surface area (Å²) in [5.74, 6) is -0.927. The van der Waals surface area contributed by atoms with Crippen molar-refractivity contribution in [1.29, 1.82) is 0 Å². The van der Waals surface area contributed by atoms with Crippen LogP contribution in [0.1, 0.15) is 20.7 Å². The second-order valence-corrected chi connectivity index (χ2v) is 8.35. The fourth-order valence-corrected chi connectivity index (χ4v) is 4.47. The van der Waals surface area contributed by atoms with Crippen LogP contribution in [-0.4, -0.2) is 65.1 Å². The van der Waals surface area contributed by atoms with E-state index < -0.39 is 16.0 Å². The van der Waals surface area contributed by atoms with Crippen molar-refractivity contribution in [2.24, 2.45) is 0 Å². The van der Waals surface area contributed by atoms with E-state index in [1.807, 2.05) is 0 Å². The van der Waals surface area contributed by atoms with Crippen molar-refractivity contribution < 1.29 is 27.5 Å². The highest BCUT2D eigenvalue weighted by atomic mass is 32.2. The molecule has 2 aromatic carbocycles. The molecule has 29 heavy (non-hydrogen) atoms. The Kier molecular flexibility index (Phi) is 6.31. The fourth-order valence-electron chi connectivity index (χ4n) is 3.06. The van der Waals surface area contributed by atoms with E-state index in [1.165, 1.54) is 40.6 Å². The van der Waals surface area contributed by atoms with Crippen molar-refractivity contribution in [1.82, 2.24) is 4.31 Å². The summed E-state index contributed by atoms with van der Waals surface area (Å²) in [5, 5.41) is 0. The number of carbonyl (C=O) groups excluding carboxylic acids is 2. The molecular weight excluding hydrogens is 396 g/mol. The third-order valence-corrected chi connectivity index (χ3v) is 6.60. The van der Waals surface area contributed by atoms with Crippen molar-refractivity contribution >= 4 is 27.6 Å². The summed E-state index contributed by atoms with van der Waals surface area (Å²) in [6.45, 7) is 1.33. The second kappa shape index (κ2) is 8.73. The van der Waals surface area contributed by atoms with Gasteiger partial charge in [-0.15, -0.1) is 0 Å². The van der Waals surface area contributed by atoms with Crippen LogP contribution in [0.2, 0.25) is 0 Å². The van der Waals surface area contributed by atoms with E-state index >= 15 is 0 Å². The Bertz CT molecular complexity index is 998. The third kappa shape index (κ3) is 4.31. The summed E-state index contributed by atoms with van der Waals surface area (Å²) in [6.07, 6.45) is 0. The molecule has 0 saturated carbocycles. The van der Waals surface area contributed by atoms with E-state index in [0.29, 0.717) is 37.6 Å². The van der Waals surface area contributed by atoms with E-state index in [2.05, 4.69) is 0 Å². The van der Waals surface area contributed by atoms with Crippen LogP contribution in [0.25, 0.3) is 0 Å². The number of sulfonamides is 1. The highest BCUT2D eigenvalue weighted by molar-refractivity contribution is 7.89. The molecule has 154 valence electrons. The van der Waals surface area contributed by atoms with Crippen molar-refractivity contribution in [3.05, 3.63) is 59.7 Å². The molecule has 0 bridgehead atoms. The average Bonchev–Trinajstić information content (AvgIpc) is 2.78. The van der Waals surface area contributed by atoms with Gasteiger partial charge in [-0.05, 0) is 36.4 Å². The number of morpholine rings is 1. The first-order chi connectivity index (χ1) is 13.9. The van der Waals surface area contributed by atoms with Gasteiger partial charge in [0.25, 0.3) is 5.91 Å². The minimum Gasteiger partial charge on any atom is -0.465 e. The van der Waals surface area contributed by atoms with E-state index in [-0.39, 0.29) is 16.4 Å². The number of anilines is 1. The van der Waals surface area contributed by atoms with Gasteiger partial charge in [-0.3, -0.25) is 4.79 Å². The lowest BCUT2D eigenvalue weighted by atomic mass is 10.1. The number of benzene rings is 2. The van der Waals surface area contributed by atoms with Crippen molar-refractivity contribution in [2.75, 3.05) is 45.4 Å². The molecule has 0 atom stereocenters. The standard InChI is InChI=1S/C20H22N2O6S/c1-21(18-6-4-3-5-17(18)20(24)27-2)19(23)15-7-9-16(10-8-15)29(25,26)22-11-13-28-14-12-22/h3-10H,11-14H2,1-2H3. The minimum atomic E-state index is -3.63. The number of hydrogen-bond donors (Lipinski definition) is 0. The lowest BCUT2D eigenvalue weighted by Crippen LogP contribution is -2.40. The number of rotatable bonds is 5. The van der Waals surface area contributed by atoms with Crippen molar-refractivity contribution in [2.45, 2.75) is 4.90 Å². The van der Waals surface area contributed by atoms with Gasteiger partial charge in [-0.25, -0.2) is 13.2 Å². The molecule has 8 nitrogen and oxygen atoms in total. The third-order valence-electron chi connectivity index (χ3n) is 4.68. The Morgan fingerprint density at radius 2 is 1.66 bits per heavy atom. The Morgan fingerprint density at radius 1 is 1.03 bits per heavy atom. The normalized spacial score (nSPS) is 15.0. The SMILES string of the molecule is COC(=O)c1ccccc1N(C)C(=O)c1ccc(S(=O)(=O)N2CCOCC2)cc1. The van der Waals surface area contributed by atoms with Gasteiger partial charge >= 0.3 is 5.97 Å². The number of ether oxygens (including phenoxy) is 2. The molecule has 1 fully saturated rings. The van der Waals surface area contributed by atoms with E-state index in [9.17, 15) is 18.0 Å². The number of methoxy groups -OCH3 is 1. The van der Waals surface area contributed by atoms with Gasteiger partial charge in [0.1, 0.15) is 0 Å². The minimum absolute atomic E-state index is 0.119. The zero-order valence-electron chi connectivity index (χ0n) is 16.2. The first-order valence-electron chi connectivity index (χ1n) is 8.99. The first-order valence-corrected chi connectivity index (χ1v) is 10.4. The number of carbonyl (C=O) groups is 2. The van der Waals surface area contributed by atoms with Crippen LogP contribution in [0.15, 0.2) is 53.4 Å². The molecule has 0 aromatic heterocycles. The summed E-state index contributed by atoms with van der Waals surface area (Å²) in [7, 11) is -0.814. The van der Waals surface area contributed by atoms with Gasteiger partial charge in [-0.1, -0.05) is 12.1 Å². The average molecular weight is 418 g/mol. The predicted molar refractivity (Wildman–Crippen MR) is 107 cm³/mol. The Labute approximate surface area is 169 Å². The second-order valence-electron chi connectivity index (χ2n) is 6.41. The summed E-state index contributed by atoms with van der Waals surface area (Å²) in [6, 6.07) is 12.4. The molecule has 1 aliphatic rings. The predicted octanol–water partition coefficient (Wildman–Crippen LogP) is 1.77. The lowest BCUT2D eigenvalue weighted by molar-refractivity contribution is 0.0601. The molecule has 1 saturated heterocycles. The van der Waals surface area contributed by atoms with Gasteiger partial charge in [-0.2, -0.15) is 4.31 Å². The molecule has 0 radical (unpaired) electrons. The first kappa shape index (κ1) is 21.0. The summed E-state index contributed by atoms with van der Waals surface area (Å²) in [4.78, 5) is 26.3. The summed E-state index contributed by atoms with van der Waals surface area (Å²) in [5.41, 5.74) is 0.958. The van der Waals surface area contributed by atoms with Crippen LogP contribution < -0.4 is 4.90 Å². The quantitative estimate of drug-likeness (QED) is 0.687.